The molecule has 5 nitrogen and oxygen atoms in total. The maximum Gasteiger partial charge on any atom is 0.326 e. The smallest absolute Gasteiger partial charge is 0.326 e. The summed E-state index contributed by atoms with van der Waals surface area (Å²) in [5.41, 5.74) is 9.48. The fourth-order valence-corrected chi connectivity index (χ4v) is 3.09. The number of aliphatic carboxylic acids is 1. The van der Waals surface area contributed by atoms with Crippen LogP contribution in [0.3, 0.4) is 0 Å². The molecule has 0 aromatic heterocycles. The summed E-state index contributed by atoms with van der Waals surface area (Å²) in [5, 5.41) is 12.3. The SMILES string of the molecule is Nc1cccc(-c2ccc(CC(NC(=O)c3ccccc3Cl)C(=O)O)cc2)c1. The predicted octanol–water partition coefficient (Wildman–Crippen LogP) is 4.01. The maximum absolute atomic E-state index is 12.4. The van der Waals surface area contributed by atoms with Crippen LogP contribution >= 0.6 is 11.6 Å². The number of hydrogen-bond acceptors (Lipinski definition) is 3. The van der Waals surface area contributed by atoms with E-state index in [9.17, 15) is 14.7 Å². The van der Waals surface area contributed by atoms with Crippen LogP contribution in [0.25, 0.3) is 11.1 Å². The lowest BCUT2D eigenvalue weighted by molar-refractivity contribution is -0.139. The average Bonchev–Trinajstić information content (AvgIpc) is 2.68. The van der Waals surface area contributed by atoms with Gasteiger partial charge in [-0.05, 0) is 41.0 Å². The monoisotopic (exact) mass is 394 g/mol. The van der Waals surface area contributed by atoms with Crippen LogP contribution in [-0.2, 0) is 11.2 Å². The number of amides is 1. The fourth-order valence-electron chi connectivity index (χ4n) is 2.87. The lowest BCUT2D eigenvalue weighted by Crippen LogP contribution is -2.42. The van der Waals surface area contributed by atoms with Gasteiger partial charge in [0.1, 0.15) is 6.04 Å². The summed E-state index contributed by atoms with van der Waals surface area (Å²) in [6.45, 7) is 0. The second kappa shape index (κ2) is 8.59. The molecular formula is C22H19ClN2O3. The Hall–Kier alpha value is -3.31. The topological polar surface area (TPSA) is 92.4 Å². The molecule has 1 unspecified atom stereocenters. The quantitative estimate of drug-likeness (QED) is 0.550. The van der Waals surface area contributed by atoms with Gasteiger partial charge in [-0.2, -0.15) is 0 Å². The third kappa shape index (κ3) is 4.69. The number of carboxylic acids is 1. The summed E-state index contributed by atoms with van der Waals surface area (Å²) in [6.07, 6.45) is 0.155. The Morgan fingerprint density at radius 1 is 0.964 bits per heavy atom. The van der Waals surface area contributed by atoms with Crippen LogP contribution in [0.2, 0.25) is 5.02 Å². The van der Waals surface area contributed by atoms with Crippen molar-refractivity contribution in [2.24, 2.45) is 0 Å². The molecule has 28 heavy (non-hydrogen) atoms. The van der Waals surface area contributed by atoms with E-state index in [1.165, 1.54) is 0 Å². The molecule has 0 aliphatic heterocycles. The third-order valence-electron chi connectivity index (χ3n) is 4.34. The van der Waals surface area contributed by atoms with Crippen LogP contribution in [0, 0.1) is 0 Å². The van der Waals surface area contributed by atoms with Crippen molar-refractivity contribution in [1.82, 2.24) is 5.32 Å². The number of benzene rings is 3. The van der Waals surface area contributed by atoms with Crippen LogP contribution < -0.4 is 11.1 Å². The minimum absolute atomic E-state index is 0.155. The molecule has 3 aromatic rings. The molecule has 1 atom stereocenters. The lowest BCUT2D eigenvalue weighted by atomic mass is 10.00. The van der Waals surface area contributed by atoms with Gasteiger partial charge in [0.15, 0.2) is 0 Å². The molecule has 0 heterocycles. The second-order valence-electron chi connectivity index (χ2n) is 6.37. The first-order chi connectivity index (χ1) is 13.4. The van der Waals surface area contributed by atoms with Crippen LogP contribution in [0.5, 0.6) is 0 Å². The Morgan fingerprint density at radius 3 is 2.32 bits per heavy atom. The van der Waals surface area contributed by atoms with Gasteiger partial charge >= 0.3 is 5.97 Å². The molecule has 3 rings (SSSR count). The number of nitrogens with one attached hydrogen (secondary N) is 1. The molecule has 142 valence electrons. The Kier molecular flexibility index (Phi) is 5.96. The zero-order valence-electron chi connectivity index (χ0n) is 14.9. The van der Waals surface area contributed by atoms with Gasteiger partial charge in [-0.25, -0.2) is 4.79 Å². The largest absolute Gasteiger partial charge is 0.480 e. The summed E-state index contributed by atoms with van der Waals surface area (Å²) in [5.74, 6) is -1.63. The number of rotatable bonds is 6. The molecule has 0 aliphatic carbocycles. The highest BCUT2D eigenvalue weighted by atomic mass is 35.5. The van der Waals surface area contributed by atoms with Gasteiger partial charge in [0, 0.05) is 12.1 Å². The second-order valence-corrected chi connectivity index (χ2v) is 6.78. The molecule has 0 radical (unpaired) electrons. The Bertz CT molecular complexity index is 1000. The van der Waals surface area contributed by atoms with Crippen molar-refractivity contribution >= 4 is 29.2 Å². The standard InChI is InChI=1S/C22H19ClN2O3/c23-19-7-2-1-6-18(19)21(26)25-20(22(27)28)12-14-8-10-15(11-9-14)16-4-3-5-17(24)13-16/h1-11,13,20H,12,24H2,(H,25,26)(H,27,28). The summed E-state index contributed by atoms with van der Waals surface area (Å²) in [6, 6.07) is 20.5. The van der Waals surface area contributed by atoms with Crippen molar-refractivity contribution in [2.75, 3.05) is 5.73 Å². The van der Waals surface area contributed by atoms with Crippen molar-refractivity contribution in [1.29, 1.82) is 0 Å². The van der Waals surface area contributed by atoms with E-state index in [1.807, 2.05) is 48.5 Å². The minimum atomic E-state index is -1.11. The molecular weight excluding hydrogens is 376 g/mol. The van der Waals surface area contributed by atoms with Crippen molar-refractivity contribution in [2.45, 2.75) is 12.5 Å². The average molecular weight is 395 g/mol. The first-order valence-corrected chi connectivity index (χ1v) is 9.05. The summed E-state index contributed by atoms with van der Waals surface area (Å²) < 4.78 is 0. The number of carboxylic acid groups (broad SMARTS) is 1. The minimum Gasteiger partial charge on any atom is -0.480 e. The number of nitrogens with two attached hydrogens (primary N) is 1. The van der Waals surface area contributed by atoms with Gasteiger partial charge in [-0.3, -0.25) is 4.79 Å². The zero-order valence-corrected chi connectivity index (χ0v) is 15.7. The maximum atomic E-state index is 12.4. The van der Waals surface area contributed by atoms with E-state index in [1.54, 1.807) is 24.3 Å². The molecule has 6 heteroatoms. The third-order valence-corrected chi connectivity index (χ3v) is 4.67. The summed E-state index contributed by atoms with van der Waals surface area (Å²) in [7, 11) is 0. The fraction of sp³-hybridized carbons (Fsp3) is 0.0909. The molecule has 3 aromatic carbocycles. The molecule has 0 saturated carbocycles. The highest BCUT2D eigenvalue weighted by molar-refractivity contribution is 6.33. The van der Waals surface area contributed by atoms with Crippen LogP contribution in [0.4, 0.5) is 5.69 Å². The van der Waals surface area contributed by atoms with E-state index in [0.717, 1.165) is 16.7 Å². The molecule has 4 N–H and O–H groups in total. The van der Waals surface area contributed by atoms with E-state index < -0.39 is 17.9 Å². The zero-order chi connectivity index (χ0) is 20.1. The van der Waals surface area contributed by atoms with Gasteiger partial charge in [0.05, 0.1) is 10.6 Å². The van der Waals surface area contributed by atoms with Crippen molar-refractivity contribution in [3.8, 4) is 11.1 Å². The van der Waals surface area contributed by atoms with Gasteiger partial charge in [0.2, 0.25) is 0 Å². The van der Waals surface area contributed by atoms with Gasteiger partial charge in [0.25, 0.3) is 5.91 Å². The van der Waals surface area contributed by atoms with E-state index in [0.29, 0.717) is 5.69 Å². The van der Waals surface area contributed by atoms with Gasteiger partial charge in [-0.1, -0.05) is 60.1 Å². The van der Waals surface area contributed by atoms with Crippen molar-refractivity contribution in [3.63, 3.8) is 0 Å². The highest BCUT2D eigenvalue weighted by Crippen LogP contribution is 2.22. The first kappa shape index (κ1) is 19.5. The Labute approximate surface area is 167 Å². The number of halogens is 1. The predicted molar refractivity (Wildman–Crippen MR) is 110 cm³/mol. The van der Waals surface area contributed by atoms with Gasteiger partial charge < -0.3 is 16.2 Å². The molecule has 0 spiro atoms. The Morgan fingerprint density at radius 2 is 1.68 bits per heavy atom. The Balaban J connectivity index is 1.73. The number of carbonyl (C=O) groups is 2. The summed E-state index contributed by atoms with van der Waals surface area (Å²) >= 11 is 6.01. The van der Waals surface area contributed by atoms with E-state index >= 15 is 0 Å². The number of nitrogen functional groups attached to an aromatic ring is 1. The normalized spacial score (nSPS) is 11.6. The highest BCUT2D eigenvalue weighted by Gasteiger charge is 2.22. The first-order valence-electron chi connectivity index (χ1n) is 8.67. The van der Waals surface area contributed by atoms with Crippen LogP contribution in [-0.4, -0.2) is 23.0 Å². The van der Waals surface area contributed by atoms with Gasteiger partial charge in [-0.15, -0.1) is 0 Å². The molecule has 0 saturated heterocycles. The molecule has 0 bridgehead atoms. The molecule has 0 fully saturated rings. The molecule has 1 amide bonds. The molecule has 0 aliphatic rings. The van der Waals surface area contributed by atoms with Crippen molar-refractivity contribution < 1.29 is 14.7 Å². The summed E-state index contributed by atoms with van der Waals surface area (Å²) in [4.78, 5) is 24.0. The van der Waals surface area contributed by atoms with Crippen molar-refractivity contribution in [3.05, 3.63) is 88.9 Å². The number of hydrogen-bond donors (Lipinski definition) is 3. The number of anilines is 1. The van der Waals surface area contributed by atoms with Crippen LogP contribution in [0.15, 0.2) is 72.8 Å². The number of carbonyl (C=O) groups excluding carboxylic acids is 1. The van der Waals surface area contributed by atoms with E-state index in [-0.39, 0.29) is 17.0 Å². The van der Waals surface area contributed by atoms with Crippen LogP contribution in [0.1, 0.15) is 15.9 Å². The van der Waals surface area contributed by atoms with E-state index in [4.69, 9.17) is 17.3 Å². The lowest BCUT2D eigenvalue weighted by Gasteiger charge is -2.15. The van der Waals surface area contributed by atoms with E-state index in [2.05, 4.69) is 5.32 Å².